The van der Waals surface area contributed by atoms with E-state index in [0.29, 0.717) is 5.89 Å². The molecule has 0 N–H and O–H groups in total. The minimum Gasteiger partial charge on any atom is -0.436 e. The molecule has 24 heavy (non-hydrogen) atoms. The molecule has 4 nitrogen and oxygen atoms in total. The Morgan fingerprint density at radius 2 is 1.83 bits per heavy atom. The quantitative estimate of drug-likeness (QED) is 0.696. The number of fused-ring (bicyclic) bond motifs is 1. The number of likely N-dealkylation sites (N-methyl/N-ethyl adjacent to an activating group) is 1. The van der Waals surface area contributed by atoms with Gasteiger partial charge in [-0.3, -0.25) is 4.79 Å². The van der Waals surface area contributed by atoms with Crippen molar-refractivity contribution in [3.05, 3.63) is 54.1 Å². The molecule has 1 amide bonds. The Morgan fingerprint density at radius 1 is 1.12 bits per heavy atom. The van der Waals surface area contributed by atoms with Crippen molar-refractivity contribution in [2.75, 3.05) is 13.1 Å². The molecule has 0 aliphatic heterocycles. The summed E-state index contributed by atoms with van der Waals surface area (Å²) in [6.07, 6.45) is 0. The van der Waals surface area contributed by atoms with E-state index in [2.05, 4.69) is 4.98 Å². The van der Waals surface area contributed by atoms with Gasteiger partial charge in [0, 0.05) is 18.7 Å². The topological polar surface area (TPSA) is 46.3 Å². The van der Waals surface area contributed by atoms with Crippen molar-refractivity contribution in [1.82, 2.24) is 9.88 Å². The van der Waals surface area contributed by atoms with Crippen LogP contribution in [0.4, 0.5) is 0 Å². The fourth-order valence-electron chi connectivity index (χ4n) is 2.87. The molecule has 124 valence electrons. The highest BCUT2D eigenvalue weighted by Gasteiger charge is 2.21. The smallest absolute Gasteiger partial charge is 0.229 e. The molecule has 1 atom stereocenters. The van der Waals surface area contributed by atoms with E-state index >= 15 is 0 Å². The zero-order valence-corrected chi connectivity index (χ0v) is 14.3. The molecular formula is C20H22N2O2. The van der Waals surface area contributed by atoms with Crippen molar-refractivity contribution in [3.8, 4) is 11.5 Å². The zero-order chi connectivity index (χ0) is 17.1. The van der Waals surface area contributed by atoms with Gasteiger partial charge >= 0.3 is 0 Å². The summed E-state index contributed by atoms with van der Waals surface area (Å²) in [6, 6.07) is 15.6. The van der Waals surface area contributed by atoms with Gasteiger partial charge < -0.3 is 9.32 Å². The summed E-state index contributed by atoms with van der Waals surface area (Å²) in [6.45, 7) is 7.40. The molecule has 0 radical (unpaired) electrons. The van der Waals surface area contributed by atoms with Gasteiger partial charge in [-0.2, -0.15) is 0 Å². The molecule has 1 unspecified atom stereocenters. The van der Waals surface area contributed by atoms with E-state index in [0.717, 1.165) is 35.3 Å². The fourth-order valence-corrected chi connectivity index (χ4v) is 2.87. The maximum atomic E-state index is 12.6. The van der Waals surface area contributed by atoms with Crippen LogP contribution in [0.15, 0.2) is 52.9 Å². The molecule has 4 heteroatoms. The first-order valence-corrected chi connectivity index (χ1v) is 8.38. The Kier molecular flexibility index (Phi) is 4.65. The number of nitrogens with zero attached hydrogens (tertiary/aromatic N) is 2. The van der Waals surface area contributed by atoms with Crippen LogP contribution >= 0.6 is 0 Å². The highest BCUT2D eigenvalue weighted by atomic mass is 16.3. The third-order valence-electron chi connectivity index (χ3n) is 4.38. The van der Waals surface area contributed by atoms with Gasteiger partial charge in [0.2, 0.25) is 11.8 Å². The van der Waals surface area contributed by atoms with E-state index in [1.165, 1.54) is 0 Å². The molecule has 3 aromatic rings. The van der Waals surface area contributed by atoms with Crippen LogP contribution in [0.5, 0.6) is 0 Å². The second-order valence-corrected chi connectivity index (χ2v) is 5.84. The predicted octanol–water partition coefficient (Wildman–Crippen LogP) is 4.47. The number of amides is 1. The van der Waals surface area contributed by atoms with Gasteiger partial charge in [0.05, 0.1) is 5.92 Å². The second kappa shape index (κ2) is 6.87. The Labute approximate surface area is 142 Å². The number of hydrogen-bond acceptors (Lipinski definition) is 3. The van der Waals surface area contributed by atoms with Crippen LogP contribution in [-0.4, -0.2) is 28.9 Å². The van der Waals surface area contributed by atoms with Crippen LogP contribution in [0.2, 0.25) is 0 Å². The third-order valence-corrected chi connectivity index (χ3v) is 4.38. The van der Waals surface area contributed by atoms with Crippen LogP contribution in [-0.2, 0) is 4.79 Å². The first-order chi connectivity index (χ1) is 11.6. The van der Waals surface area contributed by atoms with Crippen molar-refractivity contribution in [2.45, 2.75) is 26.7 Å². The second-order valence-electron chi connectivity index (χ2n) is 5.84. The SMILES string of the molecule is CCN(CC)C(=O)C(C)c1ccc2oc(-c3ccccc3)nc2c1. The van der Waals surface area contributed by atoms with Crippen LogP contribution in [0.1, 0.15) is 32.3 Å². The lowest BCUT2D eigenvalue weighted by molar-refractivity contribution is -0.132. The Balaban J connectivity index is 1.93. The minimum absolute atomic E-state index is 0.145. The monoisotopic (exact) mass is 322 g/mol. The molecule has 1 aromatic heterocycles. The number of hydrogen-bond donors (Lipinski definition) is 0. The van der Waals surface area contributed by atoms with Gasteiger partial charge in [-0.05, 0) is 50.6 Å². The molecule has 0 saturated carbocycles. The number of carbonyl (C=O) groups is 1. The minimum atomic E-state index is -0.189. The molecule has 1 heterocycles. The predicted molar refractivity (Wildman–Crippen MR) is 95.8 cm³/mol. The van der Waals surface area contributed by atoms with E-state index in [1.807, 2.05) is 74.2 Å². The van der Waals surface area contributed by atoms with Gasteiger partial charge in [-0.25, -0.2) is 4.98 Å². The standard InChI is InChI=1S/C20H22N2O2/c1-4-22(5-2)20(23)14(3)16-11-12-18-17(13-16)21-19(24-18)15-9-7-6-8-10-15/h6-14H,4-5H2,1-3H3. The number of oxazole rings is 1. The van der Waals surface area contributed by atoms with Gasteiger partial charge in [-0.1, -0.05) is 24.3 Å². The van der Waals surface area contributed by atoms with Crippen LogP contribution in [0.25, 0.3) is 22.6 Å². The average Bonchev–Trinajstić information content (AvgIpc) is 3.06. The van der Waals surface area contributed by atoms with Crippen LogP contribution in [0, 0.1) is 0 Å². The highest BCUT2D eigenvalue weighted by molar-refractivity contribution is 5.85. The summed E-state index contributed by atoms with van der Waals surface area (Å²) in [7, 11) is 0. The van der Waals surface area contributed by atoms with Crippen molar-refractivity contribution in [1.29, 1.82) is 0 Å². The number of benzene rings is 2. The molecule has 2 aromatic carbocycles. The molecule has 0 bridgehead atoms. The lowest BCUT2D eigenvalue weighted by Crippen LogP contribution is -2.33. The van der Waals surface area contributed by atoms with Crippen LogP contribution in [0.3, 0.4) is 0 Å². The van der Waals surface area contributed by atoms with E-state index in [9.17, 15) is 4.79 Å². The molecule has 0 aliphatic carbocycles. The number of carbonyl (C=O) groups excluding carboxylic acids is 1. The lowest BCUT2D eigenvalue weighted by Gasteiger charge is -2.23. The molecule has 0 saturated heterocycles. The van der Waals surface area contributed by atoms with Gasteiger partial charge in [-0.15, -0.1) is 0 Å². The Hall–Kier alpha value is -2.62. The highest BCUT2D eigenvalue weighted by Crippen LogP contribution is 2.27. The number of aromatic nitrogens is 1. The van der Waals surface area contributed by atoms with Gasteiger partial charge in [0.1, 0.15) is 5.52 Å². The summed E-state index contributed by atoms with van der Waals surface area (Å²) >= 11 is 0. The summed E-state index contributed by atoms with van der Waals surface area (Å²) in [4.78, 5) is 19.0. The summed E-state index contributed by atoms with van der Waals surface area (Å²) in [5, 5.41) is 0. The van der Waals surface area contributed by atoms with Crippen molar-refractivity contribution in [2.24, 2.45) is 0 Å². The average molecular weight is 322 g/mol. The maximum Gasteiger partial charge on any atom is 0.229 e. The fraction of sp³-hybridized carbons (Fsp3) is 0.300. The first kappa shape index (κ1) is 16.2. The van der Waals surface area contributed by atoms with E-state index in [-0.39, 0.29) is 11.8 Å². The third kappa shape index (κ3) is 3.04. The molecule has 0 aliphatic rings. The Bertz CT molecular complexity index is 835. The summed E-state index contributed by atoms with van der Waals surface area (Å²) < 4.78 is 5.83. The number of rotatable bonds is 5. The summed E-state index contributed by atoms with van der Waals surface area (Å²) in [5.41, 5.74) is 3.43. The zero-order valence-electron chi connectivity index (χ0n) is 14.3. The first-order valence-electron chi connectivity index (χ1n) is 8.38. The largest absolute Gasteiger partial charge is 0.436 e. The van der Waals surface area contributed by atoms with E-state index in [4.69, 9.17) is 4.42 Å². The van der Waals surface area contributed by atoms with Crippen molar-refractivity contribution < 1.29 is 9.21 Å². The molecule has 0 spiro atoms. The summed E-state index contributed by atoms with van der Waals surface area (Å²) in [5.74, 6) is 0.558. The Morgan fingerprint density at radius 3 is 2.50 bits per heavy atom. The maximum absolute atomic E-state index is 12.6. The normalized spacial score (nSPS) is 12.3. The molecule has 0 fully saturated rings. The van der Waals surface area contributed by atoms with E-state index in [1.54, 1.807) is 0 Å². The van der Waals surface area contributed by atoms with Crippen molar-refractivity contribution >= 4 is 17.0 Å². The van der Waals surface area contributed by atoms with Crippen molar-refractivity contribution in [3.63, 3.8) is 0 Å². The molecular weight excluding hydrogens is 300 g/mol. The molecule has 3 rings (SSSR count). The van der Waals surface area contributed by atoms with Crippen LogP contribution < -0.4 is 0 Å². The van der Waals surface area contributed by atoms with E-state index < -0.39 is 0 Å². The lowest BCUT2D eigenvalue weighted by atomic mass is 9.99. The van der Waals surface area contributed by atoms with Gasteiger partial charge in [0.15, 0.2) is 5.58 Å². The van der Waals surface area contributed by atoms with Gasteiger partial charge in [0.25, 0.3) is 0 Å².